The number of carbonyl (C=O) groups excluding carboxylic acids is 1. The Hall–Kier alpha value is -1.89. The molecule has 4 nitrogen and oxygen atoms in total. The molecule has 0 radical (unpaired) electrons. The first-order valence-corrected chi connectivity index (χ1v) is 9.43. The molecule has 0 fully saturated rings. The number of halogens is 1. The van der Waals surface area contributed by atoms with Crippen LogP contribution in [0.3, 0.4) is 0 Å². The lowest BCUT2D eigenvalue weighted by atomic mass is 9.95. The van der Waals surface area contributed by atoms with E-state index in [2.05, 4.69) is 5.32 Å². The molecule has 1 amide bonds. The predicted molar refractivity (Wildman–Crippen MR) is 108 cm³/mol. The zero-order valence-corrected chi connectivity index (χ0v) is 16.5. The molecule has 1 aliphatic heterocycles. The summed E-state index contributed by atoms with van der Waals surface area (Å²) in [6.07, 6.45) is 0. The molecule has 2 heterocycles. The van der Waals surface area contributed by atoms with Gasteiger partial charge < -0.3 is 10.2 Å². The normalized spacial score (nSPS) is 17.5. The third-order valence-electron chi connectivity index (χ3n) is 4.08. The van der Waals surface area contributed by atoms with Crippen LogP contribution in [0.15, 0.2) is 52.4 Å². The highest BCUT2D eigenvalue weighted by molar-refractivity contribution is 7.80. The van der Waals surface area contributed by atoms with Crippen LogP contribution in [0.25, 0.3) is 0 Å². The molecule has 0 bridgehead atoms. The predicted octanol–water partition coefficient (Wildman–Crippen LogP) is 4.20. The Labute approximate surface area is 161 Å². The van der Waals surface area contributed by atoms with E-state index in [4.69, 9.17) is 23.8 Å². The van der Waals surface area contributed by atoms with Crippen LogP contribution in [-0.2, 0) is 4.79 Å². The highest BCUT2D eigenvalue weighted by Crippen LogP contribution is 2.35. The van der Waals surface area contributed by atoms with E-state index in [0.29, 0.717) is 15.7 Å². The Bertz CT molecular complexity index is 829. The topological polar surface area (TPSA) is 35.6 Å². The second-order valence-corrected chi connectivity index (χ2v) is 7.55. The van der Waals surface area contributed by atoms with Gasteiger partial charge in [0, 0.05) is 30.5 Å². The zero-order valence-electron chi connectivity index (χ0n) is 14.1. The molecule has 3 rings (SSSR count). The number of hydrogen-bond donors (Lipinski definition) is 1. The maximum absolute atomic E-state index is 12.9. The number of likely N-dealkylation sites (N-methyl/N-ethyl adjacent to an activating group) is 1. The highest BCUT2D eigenvalue weighted by atomic mass is 35.5. The zero-order chi connectivity index (χ0) is 18.1. The van der Waals surface area contributed by atoms with Crippen LogP contribution < -0.4 is 10.2 Å². The first-order valence-electron chi connectivity index (χ1n) is 7.71. The molecule has 0 saturated heterocycles. The van der Waals surface area contributed by atoms with Crippen LogP contribution in [0.4, 0.5) is 5.69 Å². The third-order valence-corrected chi connectivity index (χ3v) is 5.34. The van der Waals surface area contributed by atoms with Crippen LogP contribution in [0.1, 0.15) is 18.5 Å². The van der Waals surface area contributed by atoms with Gasteiger partial charge in [-0.2, -0.15) is 11.3 Å². The van der Waals surface area contributed by atoms with Gasteiger partial charge in [0.25, 0.3) is 5.91 Å². The first-order chi connectivity index (χ1) is 11.9. The summed E-state index contributed by atoms with van der Waals surface area (Å²) in [6, 6.07) is 9.16. The first kappa shape index (κ1) is 17.9. The van der Waals surface area contributed by atoms with Gasteiger partial charge in [-0.15, -0.1) is 0 Å². The standard InChI is InChI=1S/C18H18ClN3OS2/c1-11-15(17(23)21(2)3)16(12-8-9-25-10-12)20-18(24)22(11)14-6-4-13(19)5-7-14/h4-10,16H,1-3H3,(H,20,24). The minimum atomic E-state index is -0.253. The van der Waals surface area contributed by atoms with Crippen molar-refractivity contribution in [1.29, 1.82) is 0 Å². The van der Waals surface area contributed by atoms with Crippen molar-refractivity contribution in [3.05, 3.63) is 62.9 Å². The monoisotopic (exact) mass is 391 g/mol. The number of thiocarbonyl (C=S) groups is 1. The molecule has 25 heavy (non-hydrogen) atoms. The van der Waals surface area contributed by atoms with Crippen molar-refractivity contribution < 1.29 is 4.79 Å². The Morgan fingerprint density at radius 2 is 1.96 bits per heavy atom. The quantitative estimate of drug-likeness (QED) is 0.795. The van der Waals surface area contributed by atoms with Gasteiger partial charge in [0.1, 0.15) is 0 Å². The fourth-order valence-corrected chi connectivity index (χ4v) is 4.02. The van der Waals surface area contributed by atoms with Crippen molar-refractivity contribution in [3.8, 4) is 0 Å². The molecule has 0 saturated carbocycles. The van der Waals surface area contributed by atoms with Crippen molar-refractivity contribution in [3.63, 3.8) is 0 Å². The third kappa shape index (κ3) is 3.42. The molecule has 1 atom stereocenters. The smallest absolute Gasteiger partial charge is 0.253 e. The van der Waals surface area contributed by atoms with Gasteiger partial charge in [-0.05, 0) is 65.8 Å². The summed E-state index contributed by atoms with van der Waals surface area (Å²) in [5.74, 6) is -0.0392. The van der Waals surface area contributed by atoms with Crippen molar-refractivity contribution in [2.75, 3.05) is 19.0 Å². The number of amides is 1. The largest absolute Gasteiger partial charge is 0.351 e. The van der Waals surface area contributed by atoms with Gasteiger partial charge in [-0.25, -0.2) is 0 Å². The SMILES string of the molecule is CC1=C(C(=O)N(C)C)C(c2ccsc2)NC(=S)N1c1ccc(Cl)cc1. The molecule has 130 valence electrons. The maximum Gasteiger partial charge on any atom is 0.253 e. The molecule has 0 aliphatic carbocycles. The van der Waals surface area contributed by atoms with Gasteiger partial charge in [0.15, 0.2) is 5.11 Å². The van der Waals surface area contributed by atoms with Gasteiger partial charge in [-0.3, -0.25) is 9.69 Å². The van der Waals surface area contributed by atoms with Crippen molar-refractivity contribution in [2.45, 2.75) is 13.0 Å². The maximum atomic E-state index is 12.9. The molecule has 1 N–H and O–H groups in total. The van der Waals surface area contributed by atoms with E-state index in [1.807, 2.05) is 52.9 Å². The second kappa shape index (κ2) is 7.15. The Kier molecular flexibility index (Phi) is 5.13. The number of allylic oxidation sites excluding steroid dienone is 1. The van der Waals surface area contributed by atoms with E-state index in [1.165, 1.54) is 0 Å². The lowest BCUT2D eigenvalue weighted by Crippen LogP contribution is -2.49. The number of carbonyl (C=O) groups is 1. The number of nitrogens with one attached hydrogen (secondary N) is 1. The second-order valence-electron chi connectivity index (χ2n) is 5.95. The molecule has 1 unspecified atom stereocenters. The van der Waals surface area contributed by atoms with Crippen LogP contribution in [0.5, 0.6) is 0 Å². The van der Waals surface area contributed by atoms with Gasteiger partial charge in [0.2, 0.25) is 0 Å². The minimum absolute atomic E-state index is 0.0392. The van der Waals surface area contributed by atoms with E-state index in [-0.39, 0.29) is 11.9 Å². The average Bonchev–Trinajstić information content (AvgIpc) is 3.10. The number of thiophene rings is 1. The van der Waals surface area contributed by atoms with Crippen molar-refractivity contribution in [2.24, 2.45) is 0 Å². The van der Waals surface area contributed by atoms with Gasteiger partial charge in [-0.1, -0.05) is 11.6 Å². The molecular formula is C18H18ClN3OS2. The molecule has 2 aromatic rings. The number of nitrogens with zero attached hydrogens (tertiary/aromatic N) is 2. The summed E-state index contributed by atoms with van der Waals surface area (Å²) in [5.41, 5.74) is 3.41. The molecule has 1 aliphatic rings. The van der Waals surface area contributed by atoms with Crippen LogP contribution >= 0.6 is 35.2 Å². The summed E-state index contributed by atoms with van der Waals surface area (Å²) >= 11 is 13.2. The van der Waals surface area contributed by atoms with Gasteiger partial charge in [0.05, 0.1) is 11.6 Å². The van der Waals surface area contributed by atoms with Crippen LogP contribution in [-0.4, -0.2) is 30.0 Å². The van der Waals surface area contributed by atoms with E-state index in [0.717, 1.165) is 16.9 Å². The van der Waals surface area contributed by atoms with E-state index in [9.17, 15) is 4.79 Å². The Morgan fingerprint density at radius 3 is 2.52 bits per heavy atom. The summed E-state index contributed by atoms with van der Waals surface area (Å²) in [7, 11) is 3.51. The lowest BCUT2D eigenvalue weighted by molar-refractivity contribution is -0.125. The Morgan fingerprint density at radius 1 is 1.28 bits per heavy atom. The molecule has 7 heteroatoms. The number of benzene rings is 1. The summed E-state index contributed by atoms with van der Waals surface area (Å²) in [5, 5.41) is 8.57. The summed E-state index contributed by atoms with van der Waals surface area (Å²) in [4.78, 5) is 16.4. The van der Waals surface area contributed by atoms with E-state index < -0.39 is 0 Å². The van der Waals surface area contributed by atoms with Crippen LogP contribution in [0, 0.1) is 0 Å². The average molecular weight is 392 g/mol. The fourth-order valence-electron chi connectivity index (χ4n) is 2.85. The minimum Gasteiger partial charge on any atom is -0.351 e. The number of rotatable bonds is 3. The molecular weight excluding hydrogens is 374 g/mol. The number of anilines is 1. The van der Waals surface area contributed by atoms with Gasteiger partial charge >= 0.3 is 0 Å². The molecule has 0 spiro atoms. The van der Waals surface area contributed by atoms with E-state index >= 15 is 0 Å². The van der Waals surface area contributed by atoms with E-state index in [1.54, 1.807) is 30.3 Å². The number of hydrogen-bond acceptors (Lipinski definition) is 3. The lowest BCUT2D eigenvalue weighted by Gasteiger charge is -2.38. The molecule has 1 aromatic heterocycles. The van der Waals surface area contributed by atoms with Crippen molar-refractivity contribution >= 4 is 51.9 Å². The van der Waals surface area contributed by atoms with Crippen LogP contribution in [0.2, 0.25) is 5.02 Å². The highest BCUT2D eigenvalue weighted by Gasteiger charge is 2.35. The fraction of sp³-hybridized carbons (Fsp3) is 0.222. The summed E-state index contributed by atoms with van der Waals surface area (Å²) < 4.78 is 0. The summed E-state index contributed by atoms with van der Waals surface area (Å²) in [6.45, 7) is 1.93. The molecule has 1 aromatic carbocycles. The van der Waals surface area contributed by atoms with Crippen molar-refractivity contribution in [1.82, 2.24) is 10.2 Å². The Balaban J connectivity index is 2.14.